The predicted octanol–water partition coefficient (Wildman–Crippen LogP) is 2.44. The van der Waals surface area contributed by atoms with E-state index >= 15 is 0 Å². The molecular formula is C15H22N2O3. The van der Waals surface area contributed by atoms with Gasteiger partial charge in [0.15, 0.2) is 0 Å². The van der Waals surface area contributed by atoms with Crippen molar-refractivity contribution in [1.82, 2.24) is 9.88 Å². The van der Waals surface area contributed by atoms with Gasteiger partial charge in [0.05, 0.1) is 5.41 Å². The first kappa shape index (κ1) is 14.6. The number of carbonyl (C=O) groups is 2. The summed E-state index contributed by atoms with van der Waals surface area (Å²) >= 11 is 0. The van der Waals surface area contributed by atoms with Gasteiger partial charge in [-0.3, -0.25) is 9.59 Å². The molecule has 1 fully saturated rings. The Bertz CT molecular complexity index is 499. The predicted molar refractivity (Wildman–Crippen MR) is 75.7 cm³/mol. The minimum absolute atomic E-state index is 0.198. The average molecular weight is 278 g/mol. The van der Waals surface area contributed by atoms with E-state index in [1.165, 1.54) is 0 Å². The van der Waals surface area contributed by atoms with Crippen LogP contribution in [0.15, 0.2) is 18.3 Å². The fourth-order valence-corrected chi connectivity index (χ4v) is 2.89. The first-order valence-electron chi connectivity index (χ1n) is 7.15. The second-order valence-corrected chi connectivity index (χ2v) is 5.87. The summed E-state index contributed by atoms with van der Waals surface area (Å²) in [6.45, 7) is 4.23. The number of nitrogens with zero attached hydrogens (tertiary/aromatic N) is 1. The molecule has 2 rings (SSSR count). The van der Waals surface area contributed by atoms with Gasteiger partial charge >= 0.3 is 5.97 Å². The number of carboxylic acid groups (broad SMARTS) is 1. The van der Waals surface area contributed by atoms with E-state index in [4.69, 9.17) is 0 Å². The number of aromatic nitrogens is 1. The molecule has 0 radical (unpaired) electrons. The molecular weight excluding hydrogens is 256 g/mol. The number of carboxylic acids is 1. The van der Waals surface area contributed by atoms with Crippen molar-refractivity contribution < 1.29 is 14.7 Å². The molecule has 1 aliphatic rings. The van der Waals surface area contributed by atoms with Crippen molar-refractivity contribution in [2.24, 2.45) is 5.41 Å². The Hall–Kier alpha value is -1.78. The van der Waals surface area contributed by atoms with E-state index < -0.39 is 11.4 Å². The topological polar surface area (TPSA) is 71.3 Å². The quantitative estimate of drug-likeness (QED) is 0.869. The normalized spacial score (nSPS) is 17.4. The van der Waals surface area contributed by atoms with E-state index in [0.717, 1.165) is 12.8 Å². The summed E-state index contributed by atoms with van der Waals surface area (Å²) in [4.78, 5) is 23.7. The van der Waals surface area contributed by atoms with Gasteiger partial charge < -0.3 is 15.0 Å². The minimum atomic E-state index is -0.797. The van der Waals surface area contributed by atoms with Gasteiger partial charge in [-0.2, -0.15) is 0 Å². The highest BCUT2D eigenvalue weighted by Crippen LogP contribution is 2.37. The Labute approximate surface area is 119 Å². The third-order valence-corrected chi connectivity index (χ3v) is 4.17. The van der Waals surface area contributed by atoms with Crippen LogP contribution < -0.4 is 5.32 Å². The van der Waals surface area contributed by atoms with Crippen LogP contribution in [0.5, 0.6) is 0 Å². The Morgan fingerprint density at radius 3 is 2.60 bits per heavy atom. The highest BCUT2D eigenvalue weighted by atomic mass is 16.4. The molecule has 5 nitrogen and oxygen atoms in total. The molecule has 0 atom stereocenters. The molecule has 0 bridgehead atoms. The number of hydrogen-bond acceptors (Lipinski definition) is 2. The molecule has 1 aromatic heterocycles. The first-order chi connectivity index (χ1) is 9.46. The summed E-state index contributed by atoms with van der Waals surface area (Å²) in [5, 5.41) is 12.2. The van der Waals surface area contributed by atoms with Gasteiger partial charge in [0.25, 0.3) is 5.91 Å². The molecule has 1 aromatic rings. The Morgan fingerprint density at radius 1 is 1.40 bits per heavy atom. The summed E-state index contributed by atoms with van der Waals surface area (Å²) < 4.78 is 1.89. The van der Waals surface area contributed by atoms with Crippen LogP contribution in [-0.4, -0.2) is 28.1 Å². The maximum atomic E-state index is 12.2. The van der Waals surface area contributed by atoms with Crippen LogP contribution in [0.25, 0.3) is 0 Å². The number of aliphatic carboxylic acids is 1. The van der Waals surface area contributed by atoms with Crippen molar-refractivity contribution >= 4 is 11.9 Å². The summed E-state index contributed by atoms with van der Waals surface area (Å²) in [6, 6.07) is 3.79. The average Bonchev–Trinajstić information content (AvgIpc) is 3.05. The lowest BCUT2D eigenvalue weighted by molar-refractivity contribution is -0.148. The lowest BCUT2D eigenvalue weighted by atomic mass is 9.86. The number of carbonyl (C=O) groups excluding carboxylic acids is 1. The molecule has 0 unspecified atom stereocenters. The van der Waals surface area contributed by atoms with Gasteiger partial charge in [-0.05, 0) is 38.8 Å². The number of hydrogen-bond donors (Lipinski definition) is 2. The maximum absolute atomic E-state index is 12.2. The molecule has 110 valence electrons. The van der Waals surface area contributed by atoms with E-state index in [9.17, 15) is 14.7 Å². The summed E-state index contributed by atoms with van der Waals surface area (Å²) in [6.07, 6.45) is 5.00. The molecule has 5 heteroatoms. The third kappa shape index (κ3) is 2.71. The highest BCUT2D eigenvalue weighted by molar-refractivity contribution is 5.93. The van der Waals surface area contributed by atoms with E-state index in [1.807, 2.05) is 30.7 Å². The van der Waals surface area contributed by atoms with Crippen LogP contribution >= 0.6 is 0 Å². The third-order valence-electron chi connectivity index (χ3n) is 4.17. The van der Waals surface area contributed by atoms with Crippen molar-refractivity contribution in [2.75, 3.05) is 6.54 Å². The standard InChI is InChI=1S/C15H22N2O3/c1-11(2)17-9-5-6-12(17)13(18)16-10-15(14(19)20)7-3-4-8-15/h5-6,9,11H,3-4,7-8,10H2,1-2H3,(H,16,18)(H,19,20). The van der Waals surface area contributed by atoms with Gasteiger partial charge in [-0.15, -0.1) is 0 Å². The molecule has 0 saturated heterocycles. The van der Waals surface area contributed by atoms with Gasteiger partial charge in [-0.25, -0.2) is 0 Å². The van der Waals surface area contributed by atoms with Crippen LogP contribution in [0.1, 0.15) is 56.1 Å². The van der Waals surface area contributed by atoms with Crippen LogP contribution in [0.3, 0.4) is 0 Å². The second kappa shape index (κ2) is 5.69. The van der Waals surface area contributed by atoms with Crippen LogP contribution in [0, 0.1) is 5.41 Å². The van der Waals surface area contributed by atoms with Crippen LogP contribution in [0.4, 0.5) is 0 Å². The molecule has 1 heterocycles. The maximum Gasteiger partial charge on any atom is 0.311 e. The minimum Gasteiger partial charge on any atom is -0.481 e. The fraction of sp³-hybridized carbons (Fsp3) is 0.600. The number of amides is 1. The SMILES string of the molecule is CC(C)n1cccc1C(=O)NCC1(C(=O)O)CCCC1. The van der Waals surface area contributed by atoms with Gasteiger partial charge in [-0.1, -0.05) is 12.8 Å². The second-order valence-electron chi connectivity index (χ2n) is 5.87. The van der Waals surface area contributed by atoms with Crippen LogP contribution in [0.2, 0.25) is 0 Å². The first-order valence-corrected chi connectivity index (χ1v) is 7.15. The molecule has 0 aromatic carbocycles. The zero-order chi connectivity index (χ0) is 14.8. The number of nitrogens with one attached hydrogen (secondary N) is 1. The largest absolute Gasteiger partial charge is 0.481 e. The van der Waals surface area contributed by atoms with Gasteiger partial charge in [0, 0.05) is 18.8 Å². The Morgan fingerprint density at radius 2 is 2.05 bits per heavy atom. The lowest BCUT2D eigenvalue weighted by Crippen LogP contribution is -2.41. The van der Waals surface area contributed by atoms with Crippen molar-refractivity contribution in [3.63, 3.8) is 0 Å². The Kier molecular flexibility index (Phi) is 4.16. The molecule has 1 saturated carbocycles. The van der Waals surface area contributed by atoms with Crippen molar-refractivity contribution in [3.8, 4) is 0 Å². The molecule has 0 spiro atoms. The summed E-state index contributed by atoms with van der Waals surface area (Å²) in [7, 11) is 0. The molecule has 1 amide bonds. The van der Waals surface area contributed by atoms with E-state index in [1.54, 1.807) is 6.07 Å². The van der Waals surface area contributed by atoms with Crippen molar-refractivity contribution in [1.29, 1.82) is 0 Å². The summed E-state index contributed by atoms with van der Waals surface area (Å²) in [5.74, 6) is -0.995. The smallest absolute Gasteiger partial charge is 0.311 e. The van der Waals surface area contributed by atoms with Crippen molar-refractivity contribution in [3.05, 3.63) is 24.0 Å². The zero-order valence-electron chi connectivity index (χ0n) is 12.1. The van der Waals surface area contributed by atoms with Gasteiger partial charge in [0.2, 0.25) is 0 Å². The van der Waals surface area contributed by atoms with Gasteiger partial charge in [0.1, 0.15) is 5.69 Å². The van der Waals surface area contributed by atoms with Crippen LogP contribution in [-0.2, 0) is 4.79 Å². The van der Waals surface area contributed by atoms with E-state index in [0.29, 0.717) is 18.5 Å². The molecule has 1 aliphatic carbocycles. The zero-order valence-corrected chi connectivity index (χ0v) is 12.1. The molecule has 2 N–H and O–H groups in total. The number of rotatable bonds is 5. The molecule has 20 heavy (non-hydrogen) atoms. The lowest BCUT2D eigenvalue weighted by Gasteiger charge is -2.24. The van der Waals surface area contributed by atoms with E-state index in [-0.39, 0.29) is 18.5 Å². The Balaban J connectivity index is 2.05. The highest BCUT2D eigenvalue weighted by Gasteiger charge is 2.41. The van der Waals surface area contributed by atoms with Crippen molar-refractivity contribution in [2.45, 2.75) is 45.6 Å². The van der Waals surface area contributed by atoms with E-state index in [2.05, 4.69) is 5.32 Å². The monoisotopic (exact) mass is 278 g/mol. The fourth-order valence-electron chi connectivity index (χ4n) is 2.89. The molecule has 0 aliphatic heterocycles. The summed E-state index contributed by atoms with van der Waals surface area (Å²) in [5.41, 5.74) is -0.191.